The minimum absolute atomic E-state index is 0.0204. The lowest BCUT2D eigenvalue weighted by Crippen LogP contribution is -2.31. The van der Waals surface area contributed by atoms with Crippen LogP contribution in [-0.4, -0.2) is 42.3 Å². The third-order valence-corrected chi connectivity index (χ3v) is 4.94. The zero-order chi connectivity index (χ0) is 20.6. The van der Waals surface area contributed by atoms with Crippen molar-refractivity contribution in [3.8, 4) is 0 Å². The van der Waals surface area contributed by atoms with E-state index < -0.39 is 5.91 Å². The Kier molecular flexibility index (Phi) is 6.84. The predicted molar refractivity (Wildman–Crippen MR) is 113 cm³/mol. The van der Waals surface area contributed by atoms with E-state index in [9.17, 15) is 14.4 Å². The third kappa shape index (κ3) is 5.57. The van der Waals surface area contributed by atoms with Crippen LogP contribution in [-0.2, 0) is 4.79 Å². The van der Waals surface area contributed by atoms with Crippen LogP contribution in [0.1, 0.15) is 46.4 Å². The van der Waals surface area contributed by atoms with Crippen LogP contribution in [0.15, 0.2) is 48.5 Å². The van der Waals surface area contributed by atoms with Crippen LogP contribution in [0.3, 0.4) is 0 Å². The topological polar surface area (TPSA) is 105 Å². The molecule has 0 spiro atoms. The predicted octanol–water partition coefficient (Wildman–Crippen LogP) is 2.85. The first kappa shape index (κ1) is 20.4. The average molecular weight is 394 g/mol. The molecule has 0 saturated carbocycles. The molecule has 3 amide bonds. The molecular formula is C22H26N4O3. The molecule has 3 rings (SSSR count). The second-order valence-electron chi connectivity index (χ2n) is 7.10. The second-order valence-corrected chi connectivity index (χ2v) is 7.10. The molecule has 2 aromatic carbocycles. The fourth-order valence-corrected chi connectivity index (χ4v) is 3.37. The molecule has 29 heavy (non-hydrogen) atoms. The monoisotopic (exact) mass is 394 g/mol. The molecule has 0 aromatic heterocycles. The third-order valence-electron chi connectivity index (χ3n) is 4.94. The number of nitrogens with zero attached hydrogens (tertiary/aromatic N) is 1. The first-order valence-corrected chi connectivity index (χ1v) is 9.86. The SMILES string of the molecule is NC(=O)c1ccccc1NC(=O)CNc1ccc(C(=O)N2CCCCCC2)cc1. The van der Waals surface area contributed by atoms with Gasteiger partial charge < -0.3 is 21.3 Å². The van der Waals surface area contributed by atoms with Crippen molar-refractivity contribution in [3.63, 3.8) is 0 Å². The number of rotatable bonds is 6. The maximum absolute atomic E-state index is 12.6. The summed E-state index contributed by atoms with van der Waals surface area (Å²) in [5.74, 6) is -0.846. The molecule has 0 bridgehead atoms. The minimum Gasteiger partial charge on any atom is -0.376 e. The second kappa shape index (κ2) is 9.73. The molecule has 0 radical (unpaired) electrons. The highest BCUT2D eigenvalue weighted by Gasteiger charge is 2.17. The van der Waals surface area contributed by atoms with E-state index in [1.54, 1.807) is 48.5 Å². The van der Waals surface area contributed by atoms with E-state index in [4.69, 9.17) is 5.73 Å². The van der Waals surface area contributed by atoms with Crippen molar-refractivity contribution in [2.75, 3.05) is 30.3 Å². The number of para-hydroxylation sites is 1. The van der Waals surface area contributed by atoms with Crippen molar-refractivity contribution < 1.29 is 14.4 Å². The number of primary amides is 1. The van der Waals surface area contributed by atoms with Gasteiger partial charge in [0.15, 0.2) is 0 Å². The van der Waals surface area contributed by atoms with Gasteiger partial charge >= 0.3 is 0 Å². The maximum Gasteiger partial charge on any atom is 0.253 e. The van der Waals surface area contributed by atoms with Crippen LogP contribution < -0.4 is 16.4 Å². The summed E-state index contributed by atoms with van der Waals surface area (Å²) in [6.45, 7) is 1.64. The van der Waals surface area contributed by atoms with Gasteiger partial charge in [-0.15, -0.1) is 0 Å². The van der Waals surface area contributed by atoms with Crippen LogP contribution in [0, 0.1) is 0 Å². The highest BCUT2D eigenvalue weighted by Crippen LogP contribution is 2.16. The Bertz CT molecular complexity index is 872. The number of benzene rings is 2. The zero-order valence-corrected chi connectivity index (χ0v) is 16.3. The normalized spacial score (nSPS) is 14.0. The highest BCUT2D eigenvalue weighted by molar-refractivity contribution is 6.03. The number of carbonyl (C=O) groups is 3. The number of nitrogens with one attached hydrogen (secondary N) is 2. The van der Waals surface area contributed by atoms with E-state index in [0.29, 0.717) is 11.3 Å². The molecular weight excluding hydrogens is 368 g/mol. The highest BCUT2D eigenvalue weighted by atomic mass is 16.2. The molecule has 1 aliphatic heterocycles. The van der Waals surface area contributed by atoms with Crippen molar-refractivity contribution in [1.82, 2.24) is 4.90 Å². The van der Waals surface area contributed by atoms with Crippen LogP contribution in [0.4, 0.5) is 11.4 Å². The van der Waals surface area contributed by atoms with Gasteiger partial charge in [-0.05, 0) is 49.2 Å². The van der Waals surface area contributed by atoms with Crippen LogP contribution in [0.25, 0.3) is 0 Å². The number of amides is 3. The Morgan fingerprint density at radius 1 is 0.897 bits per heavy atom. The van der Waals surface area contributed by atoms with Gasteiger partial charge in [-0.25, -0.2) is 0 Å². The van der Waals surface area contributed by atoms with Gasteiger partial charge in [0, 0.05) is 24.3 Å². The van der Waals surface area contributed by atoms with E-state index in [-0.39, 0.29) is 23.9 Å². The molecule has 0 aliphatic carbocycles. The summed E-state index contributed by atoms with van der Waals surface area (Å²) in [6, 6.07) is 13.7. The fourth-order valence-electron chi connectivity index (χ4n) is 3.37. The summed E-state index contributed by atoms with van der Waals surface area (Å²) in [5.41, 5.74) is 7.34. The Morgan fingerprint density at radius 3 is 2.21 bits per heavy atom. The smallest absolute Gasteiger partial charge is 0.253 e. The maximum atomic E-state index is 12.6. The van der Waals surface area contributed by atoms with Crippen LogP contribution in [0.2, 0.25) is 0 Å². The first-order valence-electron chi connectivity index (χ1n) is 9.86. The number of hydrogen-bond donors (Lipinski definition) is 3. The quantitative estimate of drug-likeness (QED) is 0.701. The lowest BCUT2D eigenvalue weighted by molar-refractivity contribution is -0.114. The Balaban J connectivity index is 1.54. The number of likely N-dealkylation sites (tertiary alicyclic amines) is 1. The standard InChI is InChI=1S/C22H26N4O3/c23-21(28)18-7-3-4-8-19(18)25-20(27)15-24-17-11-9-16(10-12-17)22(29)26-13-5-1-2-6-14-26/h3-4,7-12,24H,1-2,5-6,13-15H2,(H2,23,28)(H,25,27). The van der Waals surface area contributed by atoms with Gasteiger partial charge in [0.25, 0.3) is 11.8 Å². The van der Waals surface area contributed by atoms with Crippen molar-refractivity contribution in [2.45, 2.75) is 25.7 Å². The Morgan fingerprint density at radius 2 is 1.55 bits per heavy atom. The number of hydrogen-bond acceptors (Lipinski definition) is 4. The summed E-state index contributed by atoms with van der Waals surface area (Å²) in [6.07, 6.45) is 4.47. The molecule has 4 N–H and O–H groups in total. The molecule has 7 heteroatoms. The summed E-state index contributed by atoms with van der Waals surface area (Å²) >= 11 is 0. The molecule has 7 nitrogen and oxygen atoms in total. The molecule has 1 saturated heterocycles. The Hall–Kier alpha value is -3.35. The van der Waals surface area contributed by atoms with E-state index >= 15 is 0 Å². The average Bonchev–Trinajstić information content (AvgIpc) is 3.02. The number of anilines is 2. The minimum atomic E-state index is -0.599. The summed E-state index contributed by atoms with van der Waals surface area (Å²) in [7, 11) is 0. The van der Waals surface area contributed by atoms with Crippen molar-refractivity contribution in [3.05, 3.63) is 59.7 Å². The van der Waals surface area contributed by atoms with Crippen LogP contribution in [0.5, 0.6) is 0 Å². The molecule has 1 aliphatic rings. The van der Waals surface area contributed by atoms with E-state index in [1.807, 2.05) is 4.90 Å². The number of nitrogens with two attached hydrogens (primary N) is 1. The lowest BCUT2D eigenvalue weighted by Gasteiger charge is -2.20. The first-order chi connectivity index (χ1) is 14.0. The van der Waals surface area contributed by atoms with Crippen molar-refractivity contribution in [2.24, 2.45) is 5.73 Å². The van der Waals surface area contributed by atoms with E-state index in [0.717, 1.165) is 31.6 Å². The fraction of sp³-hybridized carbons (Fsp3) is 0.318. The van der Waals surface area contributed by atoms with Gasteiger partial charge in [-0.2, -0.15) is 0 Å². The molecule has 0 unspecified atom stereocenters. The van der Waals surface area contributed by atoms with Gasteiger partial charge in [-0.3, -0.25) is 14.4 Å². The van der Waals surface area contributed by atoms with Gasteiger partial charge in [-0.1, -0.05) is 25.0 Å². The molecule has 0 atom stereocenters. The summed E-state index contributed by atoms with van der Waals surface area (Å²) in [5, 5.41) is 5.69. The summed E-state index contributed by atoms with van der Waals surface area (Å²) < 4.78 is 0. The largest absolute Gasteiger partial charge is 0.376 e. The van der Waals surface area contributed by atoms with Gasteiger partial charge in [0.1, 0.15) is 0 Å². The van der Waals surface area contributed by atoms with Crippen molar-refractivity contribution >= 4 is 29.1 Å². The zero-order valence-electron chi connectivity index (χ0n) is 16.3. The van der Waals surface area contributed by atoms with Gasteiger partial charge in [0.2, 0.25) is 5.91 Å². The van der Waals surface area contributed by atoms with Crippen molar-refractivity contribution in [1.29, 1.82) is 0 Å². The van der Waals surface area contributed by atoms with E-state index in [2.05, 4.69) is 10.6 Å². The lowest BCUT2D eigenvalue weighted by atomic mass is 10.1. The molecule has 2 aromatic rings. The van der Waals surface area contributed by atoms with E-state index in [1.165, 1.54) is 12.8 Å². The molecule has 1 heterocycles. The summed E-state index contributed by atoms with van der Waals surface area (Å²) in [4.78, 5) is 38.2. The molecule has 152 valence electrons. The molecule has 1 fully saturated rings. The number of carbonyl (C=O) groups excluding carboxylic acids is 3. The Labute approximate surface area is 170 Å². The van der Waals surface area contributed by atoms with Crippen LogP contribution >= 0.6 is 0 Å². The van der Waals surface area contributed by atoms with Gasteiger partial charge in [0.05, 0.1) is 17.8 Å².